The fourth-order valence-corrected chi connectivity index (χ4v) is 2.36. The van der Waals surface area contributed by atoms with Crippen LogP contribution < -0.4 is 5.32 Å². The second kappa shape index (κ2) is 6.13. The van der Waals surface area contributed by atoms with Gasteiger partial charge >= 0.3 is 0 Å². The van der Waals surface area contributed by atoms with Crippen LogP contribution in [-0.4, -0.2) is 26.5 Å². The molecule has 2 heterocycles. The van der Waals surface area contributed by atoms with Gasteiger partial charge in [0, 0.05) is 17.9 Å². The smallest absolute Gasteiger partial charge is 0.223 e. The zero-order valence-corrected chi connectivity index (χ0v) is 12.7. The molecule has 5 nitrogen and oxygen atoms in total. The number of hydrogen-bond acceptors (Lipinski definition) is 6. The Morgan fingerprint density at radius 1 is 1.15 bits per heavy atom. The molecule has 0 fully saturated rings. The van der Waals surface area contributed by atoms with Crippen LogP contribution in [0.4, 0.5) is 10.3 Å². The normalized spacial score (nSPS) is 10.7. The maximum Gasteiger partial charge on any atom is 0.223 e. The fraction of sp³-hybridized carbons (Fsp3) is 0.385. The highest BCUT2D eigenvalue weighted by molar-refractivity contribution is 7.99. The Labute approximate surface area is 121 Å². The van der Waals surface area contributed by atoms with Gasteiger partial charge in [0.25, 0.3) is 0 Å². The van der Waals surface area contributed by atoms with Gasteiger partial charge in [-0.05, 0) is 45.0 Å². The molecule has 0 saturated heterocycles. The summed E-state index contributed by atoms with van der Waals surface area (Å²) >= 11 is 1.10. The van der Waals surface area contributed by atoms with E-state index in [0.29, 0.717) is 17.6 Å². The Bertz CT molecular complexity index is 609. The highest BCUT2D eigenvalue weighted by Crippen LogP contribution is 2.26. The highest BCUT2D eigenvalue weighted by atomic mass is 32.2. The second-order valence-electron chi connectivity index (χ2n) is 4.28. The fourth-order valence-electron chi connectivity index (χ4n) is 1.54. The van der Waals surface area contributed by atoms with Gasteiger partial charge in [0.15, 0.2) is 11.0 Å². The first-order chi connectivity index (χ1) is 9.51. The van der Waals surface area contributed by atoms with E-state index in [9.17, 15) is 4.39 Å². The molecule has 0 spiro atoms. The molecule has 0 unspecified atom stereocenters. The van der Waals surface area contributed by atoms with Crippen molar-refractivity contribution in [2.24, 2.45) is 0 Å². The lowest BCUT2D eigenvalue weighted by molar-refractivity contribution is 0.579. The minimum atomic E-state index is -0.476. The lowest BCUT2D eigenvalue weighted by Gasteiger charge is -2.07. The van der Waals surface area contributed by atoms with Crippen LogP contribution in [-0.2, 0) is 0 Å². The van der Waals surface area contributed by atoms with Crippen molar-refractivity contribution in [3.05, 3.63) is 29.0 Å². The predicted octanol–water partition coefficient (Wildman–Crippen LogP) is 2.91. The molecular weight excluding hydrogens is 277 g/mol. The van der Waals surface area contributed by atoms with Crippen molar-refractivity contribution >= 4 is 17.7 Å². The summed E-state index contributed by atoms with van der Waals surface area (Å²) in [5.74, 6) is -0.0758. The number of aromatic nitrogens is 4. The third kappa shape index (κ3) is 3.22. The lowest BCUT2D eigenvalue weighted by Crippen LogP contribution is -2.04. The van der Waals surface area contributed by atoms with Gasteiger partial charge in [-0.1, -0.05) is 0 Å². The van der Waals surface area contributed by atoms with E-state index in [1.54, 1.807) is 0 Å². The van der Waals surface area contributed by atoms with Crippen LogP contribution in [0.3, 0.4) is 0 Å². The van der Waals surface area contributed by atoms with Crippen LogP contribution in [0.15, 0.2) is 16.4 Å². The standard InChI is InChI=1S/C13H16FN5S/c1-5-15-12-16-6-10(14)11(19-12)20-13-17-8(3)7(2)9(4)18-13/h6H,5H2,1-4H3,(H,15,16,19). The lowest BCUT2D eigenvalue weighted by atomic mass is 10.2. The summed E-state index contributed by atoms with van der Waals surface area (Å²) in [6.45, 7) is 8.39. The van der Waals surface area contributed by atoms with E-state index < -0.39 is 5.82 Å². The Balaban J connectivity index is 2.32. The van der Waals surface area contributed by atoms with E-state index in [2.05, 4.69) is 25.3 Å². The van der Waals surface area contributed by atoms with E-state index >= 15 is 0 Å². The molecule has 20 heavy (non-hydrogen) atoms. The van der Waals surface area contributed by atoms with Crippen LogP contribution in [0.5, 0.6) is 0 Å². The van der Waals surface area contributed by atoms with Crippen molar-refractivity contribution in [3.63, 3.8) is 0 Å². The molecule has 0 amide bonds. The molecule has 106 valence electrons. The van der Waals surface area contributed by atoms with Gasteiger partial charge in [-0.25, -0.2) is 24.3 Å². The minimum absolute atomic E-state index is 0.221. The van der Waals surface area contributed by atoms with E-state index in [1.165, 1.54) is 0 Å². The molecule has 0 aliphatic rings. The van der Waals surface area contributed by atoms with E-state index in [-0.39, 0.29) is 5.03 Å². The third-order valence-electron chi connectivity index (χ3n) is 2.85. The molecule has 2 rings (SSSR count). The summed E-state index contributed by atoms with van der Waals surface area (Å²) in [7, 11) is 0. The van der Waals surface area contributed by atoms with Crippen LogP contribution >= 0.6 is 11.8 Å². The molecule has 0 radical (unpaired) electrons. The number of nitrogens with one attached hydrogen (secondary N) is 1. The van der Waals surface area contributed by atoms with Gasteiger partial charge in [-0.3, -0.25) is 0 Å². The zero-order valence-electron chi connectivity index (χ0n) is 11.9. The molecule has 0 aromatic carbocycles. The van der Waals surface area contributed by atoms with E-state index in [1.807, 2.05) is 27.7 Å². The van der Waals surface area contributed by atoms with Gasteiger partial charge in [0.1, 0.15) is 5.03 Å². The Morgan fingerprint density at radius 2 is 1.80 bits per heavy atom. The second-order valence-corrected chi connectivity index (χ2v) is 5.24. The Kier molecular flexibility index (Phi) is 4.49. The van der Waals surface area contributed by atoms with Crippen LogP contribution in [0.25, 0.3) is 0 Å². The molecule has 0 atom stereocenters. The maximum absolute atomic E-state index is 13.7. The van der Waals surface area contributed by atoms with Gasteiger partial charge in [-0.2, -0.15) is 0 Å². The predicted molar refractivity (Wildman–Crippen MR) is 76.5 cm³/mol. The summed E-state index contributed by atoms with van der Waals surface area (Å²) in [5.41, 5.74) is 2.83. The number of anilines is 1. The maximum atomic E-state index is 13.7. The first-order valence-corrected chi connectivity index (χ1v) is 7.09. The van der Waals surface area contributed by atoms with Crippen LogP contribution in [0, 0.1) is 26.6 Å². The first-order valence-electron chi connectivity index (χ1n) is 6.27. The van der Waals surface area contributed by atoms with Gasteiger partial charge in [-0.15, -0.1) is 0 Å². The molecular formula is C13H16FN5S. The van der Waals surface area contributed by atoms with Crippen LogP contribution in [0.1, 0.15) is 23.9 Å². The molecule has 0 aliphatic carbocycles. The SMILES string of the molecule is CCNc1ncc(F)c(Sc2nc(C)c(C)c(C)n2)n1. The van der Waals surface area contributed by atoms with Gasteiger partial charge < -0.3 is 5.32 Å². The third-order valence-corrected chi connectivity index (χ3v) is 3.69. The van der Waals surface area contributed by atoms with Crippen molar-refractivity contribution in [3.8, 4) is 0 Å². The quantitative estimate of drug-likeness (QED) is 0.691. The number of aryl methyl sites for hydroxylation is 2. The molecule has 0 bridgehead atoms. The largest absolute Gasteiger partial charge is 0.354 e. The minimum Gasteiger partial charge on any atom is -0.354 e. The summed E-state index contributed by atoms with van der Waals surface area (Å²) in [5, 5.41) is 3.66. The first kappa shape index (κ1) is 14.6. The Hall–Kier alpha value is -1.76. The molecule has 2 aromatic rings. The number of nitrogens with zero attached hydrogens (tertiary/aromatic N) is 4. The van der Waals surface area contributed by atoms with Gasteiger partial charge in [0.2, 0.25) is 5.95 Å². The topological polar surface area (TPSA) is 63.6 Å². The van der Waals surface area contributed by atoms with E-state index in [0.717, 1.165) is 34.9 Å². The molecule has 7 heteroatoms. The molecule has 1 N–H and O–H groups in total. The van der Waals surface area contributed by atoms with Crippen molar-refractivity contribution in [1.29, 1.82) is 0 Å². The average molecular weight is 293 g/mol. The van der Waals surface area contributed by atoms with Crippen molar-refractivity contribution in [2.45, 2.75) is 37.9 Å². The number of hydrogen-bond donors (Lipinski definition) is 1. The summed E-state index contributed by atoms with van der Waals surface area (Å²) < 4.78 is 13.7. The van der Waals surface area contributed by atoms with Gasteiger partial charge in [0.05, 0.1) is 6.20 Å². The summed E-state index contributed by atoms with van der Waals surface area (Å²) in [4.78, 5) is 16.7. The molecule has 0 aliphatic heterocycles. The summed E-state index contributed by atoms with van der Waals surface area (Å²) in [6, 6.07) is 0. The number of halogens is 1. The van der Waals surface area contributed by atoms with Crippen molar-refractivity contribution in [1.82, 2.24) is 19.9 Å². The van der Waals surface area contributed by atoms with Crippen LogP contribution in [0.2, 0.25) is 0 Å². The molecule has 2 aromatic heterocycles. The monoisotopic (exact) mass is 293 g/mol. The van der Waals surface area contributed by atoms with Crippen molar-refractivity contribution in [2.75, 3.05) is 11.9 Å². The summed E-state index contributed by atoms with van der Waals surface area (Å²) in [6.07, 6.45) is 1.15. The van der Waals surface area contributed by atoms with E-state index in [4.69, 9.17) is 0 Å². The Morgan fingerprint density at radius 3 is 2.40 bits per heavy atom. The molecule has 0 saturated carbocycles. The number of rotatable bonds is 4. The zero-order chi connectivity index (χ0) is 14.7. The highest BCUT2D eigenvalue weighted by Gasteiger charge is 2.12. The average Bonchev–Trinajstić information content (AvgIpc) is 2.40. The van der Waals surface area contributed by atoms with Crippen molar-refractivity contribution < 1.29 is 4.39 Å².